The van der Waals surface area contributed by atoms with E-state index in [0.29, 0.717) is 11.4 Å². The summed E-state index contributed by atoms with van der Waals surface area (Å²) in [5.41, 5.74) is 0.707. The first-order valence-corrected chi connectivity index (χ1v) is 7.18. The molecule has 2 rings (SSSR count). The summed E-state index contributed by atoms with van der Waals surface area (Å²) in [4.78, 5) is 12.4. The molecule has 0 bridgehead atoms. The Kier molecular flexibility index (Phi) is 4.86. The van der Waals surface area contributed by atoms with Crippen molar-refractivity contribution in [3.8, 4) is 0 Å². The van der Waals surface area contributed by atoms with Gasteiger partial charge in [0.25, 0.3) is 0 Å². The Bertz CT molecular complexity index is 615. The highest BCUT2D eigenvalue weighted by molar-refractivity contribution is 6.30. The first-order valence-electron chi connectivity index (χ1n) is 6.80. The third-order valence-electron chi connectivity index (χ3n) is 3.51. The van der Waals surface area contributed by atoms with E-state index in [4.69, 9.17) is 16.3 Å². The van der Waals surface area contributed by atoms with E-state index in [2.05, 4.69) is 5.32 Å². The molecule has 110 valence electrons. The second kappa shape index (κ2) is 6.64. The number of rotatable bonds is 5. The van der Waals surface area contributed by atoms with Gasteiger partial charge < -0.3 is 10.1 Å². The average Bonchev–Trinajstić information content (AvgIpc) is 2.53. The molecule has 21 heavy (non-hydrogen) atoms. The number of ether oxygens (including phenoxy) is 1. The molecular weight excluding hydrogens is 286 g/mol. The van der Waals surface area contributed by atoms with Crippen molar-refractivity contribution in [2.75, 3.05) is 12.4 Å². The lowest BCUT2D eigenvalue weighted by molar-refractivity contribution is -0.146. The lowest BCUT2D eigenvalue weighted by Gasteiger charge is -2.32. The summed E-state index contributed by atoms with van der Waals surface area (Å²) in [6.07, 6.45) is 0.552. The molecule has 0 aliphatic carbocycles. The molecule has 0 aliphatic heterocycles. The molecular formula is C17H18ClNO2. The number of anilines is 1. The van der Waals surface area contributed by atoms with Crippen LogP contribution in [0.4, 0.5) is 5.69 Å². The lowest BCUT2D eigenvalue weighted by Crippen LogP contribution is -2.43. The summed E-state index contributed by atoms with van der Waals surface area (Å²) in [5.74, 6) is -0.323. The Balaban J connectivity index is 2.48. The van der Waals surface area contributed by atoms with Gasteiger partial charge in [-0.25, -0.2) is 4.79 Å². The van der Waals surface area contributed by atoms with Crippen LogP contribution in [0.1, 0.15) is 18.9 Å². The van der Waals surface area contributed by atoms with Crippen molar-refractivity contribution in [1.29, 1.82) is 0 Å². The van der Waals surface area contributed by atoms with Gasteiger partial charge in [0.05, 0.1) is 7.11 Å². The summed E-state index contributed by atoms with van der Waals surface area (Å²) < 4.78 is 5.03. The second-order valence-corrected chi connectivity index (χ2v) is 5.19. The van der Waals surface area contributed by atoms with Crippen LogP contribution >= 0.6 is 11.6 Å². The van der Waals surface area contributed by atoms with Crippen LogP contribution in [0.3, 0.4) is 0 Å². The summed E-state index contributed by atoms with van der Waals surface area (Å²) in [6.45, 7) is 1.95. The number of methoxy groups -OCH3 is 1. The molecule has 2 aromatic carbocycles. The minimum absolute atomic E-state index is 0.323. The van der Waals surface area contributed by atoms with Crippen molar-refractivity contribution in [2.24, 2.45) is 0 Å². The van der Waals surface area contributed by atoms with Crippen molar-refractivity contribution in [3.05, 3.63) is 65.2 Å². The molecule has 4 heteroatoms. The highest BCUT2D eigenvalue weighted by Crippen LogP contribution is 2.32. The van der Waals surface area contributed by atoms with Gasteiger partial charge in [-0.3, -0.25) is 0 Å². The smallest absolute Gasteiger partial charge is 0.336 e. The summed E-state index contributed by atoms with van der Waals surface area (Å²) in [6, 6.07) is 16.9. The highest BCUT2D eigenvalue weighted by Gasteiger charge is 2.39. The molecule has 0 spiro atoms. The van der Waals surface area contributed by atoms with Crippen LogP contribution in [-0.4, -0.2) is 13.1 Å². The van der Waals surface area contributed by atoms with Gasteiger partial charge in [-0.15, -0.1) is 0 Å². The molecule has 1 N–H and O–H groups in total. The van der Waals surface area contributed by atoms with E-state index in [1.165, 1.54) is 7.11 Å². The minimum atomic E-state index is -0.930. The Morgan fingerprint density at radius 2 is 1.90 bits per heavy atom. The number of nitrogens with one attached hydrogen (secondary N) is 1. The van der Waals surface area contributed by atoms with Gasteiger partial charge >= 0.3 is 5.97 Å². The summed E-state index contributed by atoms with van der Waals surface area (Å²) >= 11 is 6.02. The fourth-order valence-corrected chi connectivity index (χ4v) is 2.58. The van der Waals surface area contributed by atoms with Gasteiger partial charge in [-0.1, -0.05) is 54.9 Å². The Morgan fingerprint density at radius 3 is 2.48 bits per heavy atom. The Morgan fingerprint density at radius 1 is 1.19 bits per heavy atom. The van der Waals surface area contributed by atoms with E-state index in [1.54, 1.807) is 12.1 Å². The lowest BCUT2D eigenvalue weighted by atomic mass is 9.86. The van der Waals surface area contributed by atoms with Crippen LogP contribution in [0.2, 0.25) is 5.02 Å². The topological polar surface area (TPSA) is 38.3 Å². The SMILES string of the molecule is CCC(Nc1cccc(Cl)c1)(C(=O)OC)c1ccccc1. The molecule has 0 saturated heterocycles. The van der Waals surface area contributed by atoms with Crippen molar-refractivity contribution in [3.63, 3.8) is 0 Å². The van der Waals surface area contributed by atoms with Gasteiger partial charge in [0.15, 0.2) is 5.54 Å². The molecule has 1 atom stereocenters. The van der Waals surface area contributed by atoms with Crippen LogP contribution in [0.15, 0.2) is 54.6 Å². The van der Waals surface area contributed by atoms with Gasteiger partial charge in [0, 0.05) is 10.7 Å². The van der Waals surface area contributed by atoms with Crippen LogP contribution in [0.5, 0.6) is 0 Å². The van der Waals surface area contributed by atoms with Crippen molar-refractivity contribution in [2.45, 2.75) is 18.9 Å². The van der Waals surface area contributed by atoms with Crippen LogP contribution in [0, 0.1) is 0 Å². The number of hydrogen-bond acceptors (Lipinski definition) is 3. The van der Waals surface area contributed by atoms with Crippen LogP contribution in [0.25, 0.3) is 0 Å². The Hall–Kier alpha value is -2.00. The predicted octanol–water partition coefficient (Wildman–Crippen LogP) is 4.23. The number of carbonyl (C=O) groups is 1. The third kappa shape index (κ3) is 3.19. The molecule has 3 nitrogen and oxygen atoms in total. The number of halogens is 1. The molecule has 0 amide bonds. The molecule has 0 fully saturated rings. The standard InChI is InChI=1S/C17H18ClNO2/c1-3-17(16(20)21-2,13-8-5-4-6-9-13)19-15-11-7-10-14(18)12-15/h4-12,19H,3H2,1-2H3. The molecule has 1 unspecified atom stereocenters. The Labute approximate surface area is 129 Å². The molecule has 0 saturated carbocycles. The second-order valence-electron chi connectivity index (χ2n) is 4.75. The average molecular weight is 304 g/mol. The number of esters is 1. The maximum atomic E-state index is 12.4. The zero-order valence-corrected chi connectivity index (χ0v) is 12.9. The first-order chi connectivity index (χ1) is 10.1. The molecule has 0 radical (unpaired) electrons. The largest absolute Gasteiger partial charge is 0.467 e. The maximum Gasteiger partial charge on any atom is 0.336 e. The predicted molar refractivity (Wildman–Crippen MR) is 85.5 cm³/mol. The van der Waals surface area contributed by atoms with Gasteiger partial charge in [-0.05, 0) is 30.2 Å². The monoisotopic (exact) mass is 303 g/mol. The highest BCUT2D eigenvalue weighted by atomic mass is 35.5. The fraction of sp³-hybridized carbons (Fsp3) is 0.235. The van der Waals surface area contributed by atoms with E-state index in [9.17, 15) is 4.79 Å². The summed E-state index contributed by atoms with van der Waals surface area (Å²) in [7, 11) is 1.40. The number of carbonyl (C=O) groups excluding carboxylic acids is 1. The van der Waals surface area contributed by atoms with Gasteiger partial charge in [-0.2, -0.15) is 0 Å². The van der Waals surface area contributed by atoms with Gasteiger partial charge in [0.2, 0.25) is 0 Å². The molecule has 0 aliphatic rings. The van der Waals surface area contributed by atoms with Gasteiger partial charge in [0.1, 0.15) is 0 Å². The van der Waals surface area contributed by atoms with E-state index in [0.717, 1.165) is 11.3 Å². The molecule has 0 aromatic heterocycles. The zero-order valence-electron chi connectivity index (χ0n) is 12.1. The first kappa shape index (κ1) is 15.4. The van der Waals surface area contributed by atoms with E-state index in [1.807, 2.05) is 49.4 Å². The third-order valence-corrected chi connectivity index (χ3v) is 3.75. The van der Waals surface area contributed by atoms with E-state index in [-0.39, 0.29) is 5.97 Å². The maximum absolute atomic E-state index is 12.4. The number of benzene rings is 2. The molecule has 2 aromatic rings. The summed E-state index contributed by atoms with van der Waals surface area (Å²) in [5, 5.41) is 3.90. The minimum Gasteiger partial charge on any atom is -0.467 e. The fourth-order valence-electron chi connectivity index (χ4n) is 2.39. The van der Waals surface area contributed by atoms with Crippen molar-refractivity contribution in [1.82, 2.24) is 0 Å². The van der Waals surface area contributed by atoms with Crippen LogP contribution < -0.4 is 5.32 Å². The van der Waals surface area contributed by atoms with E-state index < -0.39 is 5.54 Å². The quantitative estimate of drug-likeness (QED) is 0.840. The molecule has 0 heterocycles. The van der Waals surface area contributed by atoms with Crippen molar-refractivity contribution >= 4 is 23.3 Å². The number of hydrogen-bond donors (Lipinski definition) is 1. The van der Waals surface area contributed by atoms with Crippen LogP contribution in [-0.2, 0) is 15.1 Å². The normalized spacial score (nSPS) is 13.3. The van der Waals surface area contributed by atoms with Crippen molar-refractivity contribution < 1.29 is 9.53 Å². The van der Waals surface area contributed by atoms with E-state index >= 15 is 0 Å². The zero-order chi connectivity index (χ0) is 15.3.